The van der Waals surface area contributed by atoms with Crippen LogP contribution < -0.4 is 11.3 Å². The quantitative estimate of drug-likeness (QED) is 0.623. The Morgan fingerprint density at radius 2 is 2.20 bits per heavy atom. The summed E-state index contributed by atoms with van der Waals surface area (Å²) < 4.78 is 1.85. The van der Waals surface area contributed by atoms with Crippen LogP contribution in [0.2, 0.25) is 0 Å². The number of aryl methyl sites for hydroxylation is 2. The number of aromatic nitrogens is 2. The first kappa shape index (κ1) is 13.3. The summed E-state index contributed by atoms with van der Waals surface area (Å²) in [5, 5.41) is 4.21. The van der Waals surface area contributed by atoms with Crippen LogP contribution in [0.15, 0.2) is 42.7 Å². The largest absolute Gasteiger partial charge is 0.276 e. The van der Waals surface area contributed by atoms with Crippen molar-refractivity contribution in [3.63, 3.8) is 0 Å². The molecule has 4 heteroatoms. The molecule has 1 saturated carbocycles. The zero-order valence-electron chi connectivity index (χ0n) is 11.9. The molecule has 1 aliphatic rings. The SMILES string of the molecule is Cn1cc(CCC(NN)C2CC2c2ccccc2)cn1. The van der Waals surface area contributed by atoms with E-state index in [9.17, 15) is 0 Å². The molecule has 0 radical (unpaired) electrons. The Labute approximate surface area is 120 Å². The lowest BCUT2D eigenvalue weighted by Gasteiger charge is -2.15. The first-order valence-corrected chi connectivity index (χ1v) is 7.26. The lowest BCUT2D eigenvalue weighted by molar-refractivity contribution is 0.438. The maximum atomic E-state index is 5.75. The van der Waals surface area contributed by atoms with Gasteiger partial charge in [0, 0.05) is 19.3 Å². The Morgan fingerprint density at radius 3 is 2.85 bits per heavy atom. The first-order chi connectivity index (χ1) is 9.78. The van der Waals surface area contributed by atoms with E-state index < -0.39 is 0 Å². The molecule has 0 amide bonds. The molecule has 0 saturated heterocycles. The number of nitrogens with two attached hydrogens (primary N) is 1. The van der Waals surface area contributed by atoms with Gasteiger partial charge in [-0.05, 0) is 42.2 Å². The molecule has 1 aromatic heterocycles. The van der Waals surface area contributed by atoms with Crippen molar-refractivity contribution >= 4 is 0 Å². The Balaban J connectivity index is 1.56. The molecule has 0 bridgehead atoms. The van der Waals surface area contributed by atoms with Crippen LogP contribution in [0, 0.1) is 5.92 Å². The van der Waals surface area contributed by atoms with Gasteiger partial charge in [-0.3, -0.25) is 16.0 Å². The Hall–Kier alpha value is -1.65. The van der Waals surface area contributed by atoms with Gasteiger partial charge in [-0.1, -0.05) is 30.3 Å². The van der Waals surface area contributed by atoms with Gasteiger partial charge in [0.05, 0.1) is 6.20 Å². The topological polar surface area (TPSA) is 55.9 Å². The van der Waals surface area contributed by atoms with Crippen molar-refractivity contribution in [1.82, 2.24) is 15.2 Å². The number of nitrogens with zero attached hydrogens (tertiary/aromatic N) is 2. The normalized spacial score (nSPS) is 22.7. The molecular weight excluding hydrogens is 248 g/mol. The number of nitrogens with one attached hydrogen (secondary N) is 1. The van der Waals surface area contributed by atoms with Crippen molar-refractivity contribution in [2.45, 2.75) is 31.2 Å². The van der Waals surface area contributed by atoms with E-state index in [1.54, 1.807) is 0 Å². The third-order valence-corrected chi connectivity index (χ3v) is 4.30. The molecule has 106 valence electrons. The number of hydrazine groups is 1. The molecule has 1 heterocycles. The average molecular weight is 270 g/mol. The van der Waals surface area contributed by atoms with Gasteiger partial charge in [-0.15, -0.1) is 0 Å². The van der Waals surface area contributed by atoms with Crippen molar-refractivity contribution in [3.05, 3.63) is 53.9 Å². The van der Waals surface area contributed by atoms with Crippen LogP contribution in [-0.4, -0.2) is 15.8 Å². The van der Waals surface area contributed by atoms with E-state index in [2.05, 4.69) is 47.1 Å². The highest BCUT2D eigenvalue weighted by Crippen LogP contribution is 2.50. The van der Waals surface area contributed by atoms with Gasteiger partial charge in [0.1, 0.15) is 0 Å². The van der Waals surface area contributed by atoms with Gasteiger partial charge >= 0.3 is 0 Å². The fourth-order valence-corrected chi connectivity index (χ4v) is 3.09. The fourth-order valence-electron chi connectivity index (χ4n) is 3.09. The van der Waals surface area contributed by atoms with Crippen LogP contribution in [0.1, 0.15) is 29.9 Å². The van der Waals surface area contributed by atoms with Gasteiger partial charge in [0.2, 0.25) is 0 Å². The molecule has 1 aromatic carbocycles. The number of benzene rings is 1. The van der Waals surface area contributed by atoms with E-state index in [4.69, 9.17) is 5.84 Å². The van der Waals surface area contributed by atoms with Crippen molar-refractivity contribution in [2.24, 2.45) is 18.8 Å². The van der Waals surface area contributed by atoms with Gasteiger partial charge in [-0.25, -0.2) is 0 Å². The molecule has 1 aliphatic carbocycles. The van der Waals surface area contributed by atoms with Gasteiger partial charge in [0.25, 0.3) is 0 Å². The van der Waals surface area contributed by atoms with Crippen LogP contribution in [0.25, 0.3) is 0 Å². The van der Waals surface area contributed by atoms with E-state index in [0.717, 1.165) is 12.8 Å². The molecular formula is C16H22N4. The zero-order valence-corrected chi connectivity index (χ0v) is 11.9. The van der Waals surface area contributed by atoms with Crippen LogP contribution >= 0.6 is 0 Å². The Morgan fingerprint density at radius 1 is 1.40 bits per heavy atom. The van der Waals surface area contributed by atoms with Crippen LogP contribution in [-0.2, 0) is 13.5 Å². The summed E-state index contributed by atoms with van der Waals surface area (Å²) in [4.78, 5) is 0. The Kier molecular flexibility index (Phi) is 3.85. The molecule has 0 aliphatic heterocycles. The smallest absolute Gasteiger partial charge is 0.0521 e. The highest BCUT2D eigenvalue weighted by Gasteiger charge is 2.43. The lowest BCUT2D eigenvalue weighted by atomic mass is 10.0. The van der Waals surface area contributed by atoms with Gasteiger partial charge in [-0.2, -0.15) is 5.10 Å². The second kappa shape index (κ2) is 5.77. The van der Waals surface area contributed by atoms with E-state index in [0.29, 0.717) is 17.9 Å². The van der Waals surface area contributed by atoms with Gasteiger partial charge < -0.3 is 0 Å². The third kappa shape index (κ3) is 2.92. The second-order valence-corrected chi connectivity index (χ2v) is 5.75. The molecule has 3 unspecified atom stereocenters. The average Bonchev–Trinajstić information content (AvgIpc) is 3.16. The molecule has 4 nitrogen and oxygen atoms in total. The number of hydrogen-bond acceptors (Lipinski definition) is 3. The van der Waals surface area contributed by atoms with Crippen molar-refractivity contribution < 1.29 is 0 Å². The van der Waals surface area contributed by atoms with Crippen LogP contribution in [0.4, 0.5) is 0 Å². The zero-order chi connectivity index (χ0) is 13.9. The first-order valence-electron chi connectivity index (χ1n) is 7.26. The van der Waals surface area contributed by atoms with Crippen molar-refractivity contribution in [1.29, 1.82) is 0 Å². The predicted octanol–water partition coefficient (Wildman–Crippen LogP) is 1.99. The third-order valence-electron chi connectivity index (χ3n) is 4.30. The molecule has 1 fully saturated rings. The highest BCUT2D eigenvalue weighted by atomic mass is 15.2. The van der Waals surface area contributed by atoms with Crippen LogP contribution in [0.5, 0.6) is 0 Å². The molecule has 3 N–H and O–H groups in total. The summed E-state index contributed by atoms with van der Waals surface area (Å²) in [6.07, 6.45) is 7.35. The summed E-state index contributed by atoms with van der Waals surface area (Å²) in [6.45, 7) is 0. The summed E-state index contributed by atoms with van der Waals surface area (Å²) in [7, 11) is 1.95. The Bertz CT molecular complexity index is 549. The van der Waals surface area contributed by atoms with E-state index in [1.807, 2.05) is 17.9 Å². The maximum Gasteiger partial charge on any atom is 0.0521 e. The van der Waals surface area contributed by atoms with Crippen molar-refractivity contribution in [2.75, 3.05) is 0 Å². The summed E-state index contributed by atoms with van der Waals surface area (Å²) in [5.74, 6) is 7.09. The summed E-state index contributed by atoms with van der Waals surface area (Å²) in [5.41, 5.74) is 5.74. The molecule has 3 rings (SSSR count). The molecule has 0 spiro atoms. The predicted molar refractivity (Wildman–Crippen MR) is 79.9 cm³/mol. The lowest BCUT2D eigenvalue weighted by Crippen LogP contribution is -2.37. The molecule has 20 heavy (non-hydrogen) atoms. The molecule has 2 aromatic rings. The minimum atomic E-state index is 0.389. The second-order valence-electron chi connectivity index (χ2n) is 5.75. The minimum absolute atomic E-state index is 0.389. The summed E-state index contributed by atoms with van der Waals surface area (Å²) in [6, 6.07) is 11.1. The minimum Gasteiger partial charge on any atom is -0.276 e. The maximum absolute atomic E-state index is 5.75. The molecule has 3 atom stereocenters. The highest BCUT2D eigenvalue weighted by molar-refractivity contribution is 5.26. The number of rotatable bonds is 6. The summed E-state index contributed by atoms with van der Waals surface area (Å²) >= 11 is 0. The van der Waals surface area contributed by atoms with E-state index in [-0.39, 0.29) is 0 Å². The fraction of sp³-hybridized carbons (Fsp3) is 0.438. The van der Waals surface area contributed by atoms with E-state index >= 15 is 0 Å². The number of hydrogen-bond donors (Lipinski definition) is 2. The van der Waals surface area contributed by atoms with E-state index in [1.165, 1.54) is 17.5 Å². The van der Waals surface area contributed by atoms with Gasteiger partial charge in [0.15, 0.2) is 0 Å². The van der Waals surface area contributed by atoms with Crippen LogP contribution in [0.3, 0.4) is 0 Å². The monoisotopic (exact) mass is 270 g/mol. The standard InChI is InChI=1S/C16H22N4/c1-20-11-12(10-18-20)7-8-16(19-17)15-9-14(15)13-5-3-2-4-6-13/h2-6,10-11,14-16,19H,7-9,17H2,1H3. The van der Waals surface area contributed by atoms with Crippen molar-refractivity contribution in [3.8, 4) is 0 Å².